The quantitative estimate of drug-likeness (QED) is 0.911. The van der Waals surface area contributed by atoms with E-state index >= 15 is 0 Å². The maximum Gasteiger partial charge on any atom is 0.253 e. The first-order valence-electron chi connectivity index (χ1n) is 7.83. The number of aryl methyl sites for hydroxylation is 1. The van der Waals surface area contributed by atoms with Crippen LogP contribution >= 0.6 is 11.6 Å². The fraction of sp³-hybridized carbons (Fsp3) is 0.316. The van der Waals surface area contributed by atoms with E-state index in [-0.39, 0.29) is 5.91 Å². The zero-order valence-electron chi connectivity index (χ0n) is 13.1. The highest BCUT2D eigenvalue weighted by atomic mass is 35.5. The van der Waals surface area contributed by atoms with E-state index in [9.17, 15) is 9.90 Å². The molecule has 1 N–H and O–H groups in total. The van der Waals surface area contributed by atoms with Crippen molar-refractivity contribution in [3.8, 4) is 0 Å². The minimum Gasteiger partial charge on any atom is -0.385 e. The lowest BCUT2D eigenvalue weighted by Crippen LogP contribution is -2.45. The number of hydrogen-bond acceptors (Lipinski definition) is 2. The number of benzene rings is 2. The Labute approximate surface area is 141 Å². The Morgan fingerprint density at radius 2 is 1.70 bits per heavy atom. The molecule has 0 radical (unpaired) electrons. The van der Waals surface area contributed by atoms with Crippen LogP contribution in [0.1, 0.15) is 34.3 Å². The smallest absolute Gasteiger partial charge is 0.253 e. The van der Waals surface area contributed by atoms with E-state index in [0.29, 0.717) is 36.5 Å². The second kappa shape index (κ2) is 6.34. The minimum absolute atomic E-state index is 0.0196. The first kappa shape index (κ1) is 16.0. The first-order valence-corrected chi connectivity index (χ1v) is 8.21. The van der Waals surface area contributed by atoms with Gasteiger partial charge in [-0.15, -0.1) is 0 Å². The van der Waals surface area contributed by atoms with Crippen LogP contribution < -0.4 is 0 Å². The summed E-state index contributed by atoms with van der Waals surface area (Å²) in [6.07, 6.45) is 0.989. The van der Waals surface area contributed by atoms with Gasteiger partial charge in [-0.2, -0.15) is 0 Å². The van der Waals surface area contributed by atoms with Crippen molar-refractivity contribution < 1.29 is 9.90 Å². The molecule has 2 aromatic rings. The normalized spacial score (nSPS) is 17.1. The van der Waals surface area contributed by atoms with Crippen LogP contribution in [0.4, 0.5) is 0 Å². The van der Waals surface area contributed by atoms with Gasteiger partial charge in [-0.1, -0.05) is 47.5 Å². The zero-order chi connectivity index (χ0) is 16.4. The van der Waals surface area contributed by atoms with Gasteiger partial charge >= 0.3 is 0 Å². The van der Waals surface area contributed by atoms with Gasteiger partial charge in [0.05, 0.1) is 5.60 Å². The van der Waals surface area contributed by atoms with E-state index in [0.717, 1.165) is 11.1 Å². The van der Waals surface area contributed by atoms with E-state index in [2.05, 4.69) is 0 Å². The Morgan fingerprint density at radius 3 is 2.30 bits per heavy atom. The van der Waals surface area contributed by atoms with Crippen LogP contribution in [-0.2, 0) is 5.60 Å². The van der Waals surface area contributed by atoms with Crippen molar-refractivity contribution in [1.82, 2.24) is 4.90 Å². The lowest BCUT2D eigenvalue weighted by atomic mass is 9.84. The van der Waals surface area contributed by atoms with Crippen molar-refractivity contribution in [2.24, 2.45) is 0 Å². The molecule has 3 rings (SSSR count). The van der Waals surface area contributed by atoms with Crippen molar-refractivity contribution in [3.63, 3.8) is 0 Å². The van der Waals surface area contributed by atoms with Crippen LogP contribution in [0.5, 0.6) is 0 Å². The molecule has 0 saturated carbocycles. The summed E-state index contributed by atoms with van der Waals surface area (Å²) in [6.45, 7) is 3.04. The van der Waals surface area contributed by atoms with Gasteiger partial charge in [0.25, 0.3) is 5.91 Å². The first-order chi connectivity index (χ1) is 11.0. The summed E-state index contributed by atoms with van der Waals surface area (Å²) in [5.41, 5.74) is 1.62. The Balaban J connectivity index is 1.72. The average Bonchev–Trinajstić information content (AvgIpc) is 2.56. The van der Waals surface area contributed by atoms with Gasteiger partial charge in [-0.05, 0) is 38.0 Å². The molecule has 1 fully saturated rings. The maximum absolute atomic E-state index is 12.5. The Kier molecular flexibility index (Phi) is 4.42. The SMILES string of the molecule is Cc1ccc(C(=O)N2CCC(O)(c3ccccc3Cl)CC2)cc1. The molecule has 1 aliphatic heterocycles. The van der Waals surface area contributed by atoms with Crippen molar-refractivity contribution in [2.45, 2.75) is 25.4 Å². The van der Waals surface area contributed by atoms with Crippen molar-refractivity contribution >= 4 is 17.5 Å². The number of halogens is 1. The van der Waals surface area contributed by atoms with Crippen LogP contribution in [0.3, 0.4) is 0 Å². The molecule has 0 bridgehead atoms. The maximum atomic E-state index is 12.5. The van der Waals surface area contributed by atoms with E-state index in [1.165, 1.54) is 0 Å². The molecular weight excluding hydrogens is 310 g/mol. The molecule has 1 aliphatic rings. The lowest BCUT2D eigenvalue weighted by molar-refractivity contribution is -0.0210. The molecule has 120 valence electrons. The molecular formula is C19H20ClNO2. The molecule has 0 spiro atoms. The molecule has 0 aromatic heterocycles. The fourth-order valence-electron chi connectivity index (χ4n) is 3.07. The number of amides is 1. The summed E-state index contributed by atoms with van der Waals surface area (Å²) in [6, 6.07) is 15.0. The summed E-state index contributed by atoms with van der Waals surface area (Å²) in [4.78, 5) is 14.3. The third-order valence-electron chi connectivity index (χ3n) is 4.55. The average molecular weight is 330 g/mol. The molecule has 0 unspecified atom stereocenters. The number of rotatable bonds is 2. The van der Waals surface area contributed by atoms with Crippen LogP contribution in [0.15, 0.2) is 48.5 Å². The predicted octanol–water partition coefficient (Wildman–Crippen LogP) is 3.77. The number of likely N-dealkylation sites (tertiary alicyclic amines) is 1. The number of piperidine rings is 1. The van der Waals surface area contributed by atoms with Crippen LogP contribution in [0, 0.1) is 6.92 Å². The Morgan fingerprint density at radius 1 is 1.09 bits per heavy atom. The van der Waals surface area contributed by atoms with Gasteiger partial charge in [0.15, 0.2) is 0 Å². The molecule has 23 heavy (non-hydrogen) atoms. The van der Waals surface area contributed by atoms with Crippen LogP contribution in [0.25, 0.3) is 0 Å². The summed E-state index contributed by atoms with van der Waals surface area (Å²) in [5.74, 6) is 0.0196. The molecule has 4 heteroatoms. The highest BCUT2D eigenvalue weighted by molar-refractivity contribution is 6.31. The fourth-order valence-corrected chi connectivity index (χ4v) is 3.38. The Bertz CT molecular complexity index is 704. The number of aliphatic hydroxyl groups is 1. The second-order valence-electron chi connectivity index (χ2n) is 6.17. The topological polar surface area (TPSA) is 40.5 Å². The monoisotopic (exact) mass is 329 g/mol. The predicted molar refractivity (Wildman–Crippen MR) is 91.7 cm³/mol. The Hall–Kier alpha value is -1.84. The molecule has 1 amide bonds. The van der Waals surface area contributed by atoms with Gasteiger partial charge in [-0.25, -0.2) is 0 Å². The summed E-state index contributed by atoms with van der Waals surface area (Å²) in [7, 11) is 0. The van der Waals surface area contributed by atoms with Gasteiger partial charge < -0.3 is 10.0 Å². The van der Waals surface area contributed by atoms with E-state index in [1.807, 2.05) is 49.4 Å². The number of nitrogens with zero attached hydrogens (tertiary/aromatic N) is 1. The number of carbonyl (C=O) groups excluding carboxylic acids is 1. The van der Waals surface area contributed by atoms with Gasteiger partial charge in [0, 0.05) is 29.2 Å². The second-order valence-corrected chi connectivity index (χ2v) is 6.58. The minimum atomic E-state index is -0.956. The van der Waals surface area contributed by atoms with Gasteiger partial charge in [0.2, 0.25) is 0 Å². The molecule has 0 aliphatic carbocycles. The van der Waals surface area contributed by atoms with Crippen molar-refractivity contribution in [2.75, 3.05) is 13.1 Å². The zero-order valence-corrected chi connectivity index (χ0v) is 13.9. The third kappa shape index (κ3) is 3.26. The van der Waals surface area contributed by atoms with Crippen molar-refractivity contribution in [3.05, 3.63) is 70.2 Å². The summed E-state index contributed by atoms with van der Waals surface area (Å²) < 4.78 is 0. The molecule has 3 nitrogen and oxygen atoms in total. The van der Waals surface area contributed by atoms with Crippen LogP contribution in [0.2, 0.25) is 5.02 Å². The van der Waals surface area contributed by atoms with Crippen LogP contribution in [-0.4, -0.2) is 29.0 Å². The largest absolute Gasteiger partial charge is 0.385 e. The molecule has 2 aromatic carbocycles. The van der Waals surface area contributed by atoms with Gasteiger partial charge in [0.1, 0.15) is 0 Å². The molecule has 1 saturated heterocycles. The lowest BCUT2D eigenvalue weighted by Gasteiger charge is -2.39. The molecule has 0 atom stereocenters. The van der Waals surface area contributed by atoms with E-state index < -0.39 is 5.60 Å². The standard InChI is InChI=1S/C19H20ClNO2/c1-14-6-8-15(9-7-14)18(22)21-12-10-19(23,11-13-21)16-4-2-3-5-17(16)20/h2-9,23H,10-13H2,1H3. The third-order valence-corrected chi connectivity index (χ3v) is 4.88. The number of carbonyl (C=O) groups is 1. The van der Waals surface area contributed by atoms with Crippen molar-refractivity contribution in [1.29, 1.82) is 0 Å². The number of hydrogen-bond donors (Lipinski definition) is 1. The highest BCUT2D eigenvalue weighted by Gasteiger charge is 2.36. The summed E-state index contributed by atoms with van der Waals surface area (Å²) >= 11 is 6.22. The summed E-state index contributed by atoms with van der Waals surface area (Å²) in [5, 5.41) is 11.5. The van der Waals surface area contributed by atoms with E-state index in [1.54, 1.807) is 11.0 Å². The van der Waals surface area contributed by atoms with Gasteiger partial charge in [-0.3, -0.25) is 4.79 Å². The molecule has 1 heterocycles. The highest BCUT2D eigenvalue weighted by Crippen LogP contribution is 2.36. The van der Waals surface area contributed by atoms with E-state index in [4.69, 9.17) is 11.6 Å².